The first-order chi connectivity index (χ1) is 10.9. The number of halogens is 1. The van der Waals surface area contributed by atoms with Gasteiger partial charge in [0.2, 0.25) is 0 Å². The van der Waals surface area contributed by atoms with E-state index in [1.807, 2.05) is 24.4 Å². The van der Waals surface area contributed by atoms with Gasteiger partial charge in [-0.3, -0.25) is 4.98 Å². The van der Waals surface area contributed by atoms with E-state index in [9.17, 15) is 0 Å². The molecule has 0 atom stereocenters. The van der Waals surface area contributed by atoms with Crippen LogP contribution in [0.3, 0.4) is 0 Å². The lowest BCUT2D eigenvalue weighted by molar-refractivity contribution is 0.375. The summed E-state index contributed by atoms with van der Waals surface area (Å²) < 4.78 is 0. The Kier molecular flexibility index (Phi) is 11.0. The Morgan fingerprint density at radius 2 is 1.87 bits per heavy atom. The topological polar surface area (TPSA) is 49.3 Å². The smallest absolute Gasteiger partial charge is 0.191 e. The average molecular weight is 430 g/mol. The van der Waals surface area contributed by atoms with Crippen molar-refractivity contribution in [3.05, 3.63) is 30.1 Å². The fourth-order valence-electron chi connectivity index (χ4n) is 2.98. The van der Waals surface area contributed by atoms with Gasteiger partial charge in [0.25, 0.3) is 0 Å². The van der Waals surface area contributed by atoms with Crippen molar-refractivity contribution in [2.24, 2.45) is 10.9 Å². The molecule has 0 unspecified atom stereocenters. The van der Waals surface area contributed by atoms with Crippen LogP contribution in [-0.4, -0.2) is 24.0 Å². The van der Waals surface area contributed by atoms with Crippen molar-refractivity contribution >= 4 is 29.9 Å². The molecule has 1 heterocycles. The van der Waals surface area contributed by atoms with Crippen molar-refractivity contribution in [3.8, 4) is 0 Å². The lowest BCUT2D eigenvalue weighted by atomic mass is 9.91. The van der Waals surface area contributed by atoms with Crippen LogP contribution >= 0.6 is 24.0 Å². The Morgan fingerprint density at radius 3 is 2.52 bits per heavy atom. The van der Waals surface area contributed by atoms with Crippen LogP contribution in [0.5, 0.6) is 0 Å². The van der Waals surface area contributed by atoms with Crippen LogP contribution in [0.15, 0.2) is 29.4 Å². The number of nitrogens with one attached hydrogen (secondary N) is 2. The minimum Gasteiger partial charge on any atom is -0.357 e. The lowest BCUT2D eigenvalue weighted by Gasteiger charge is -2.21. The normalized spacial score (nSPS) is 16.8. The zero-order valence-corrected chi connectivity index (χ0v) is 16.6. The van der Waals surface area contributed by atoms with Gasteiger partial charge in [0.1, 0.15) is 0 Å². The zero-order valence-electron chi connectivity index (χ0n) is 14.3. The van der Waals surface area contributed by atoms with E-state index in [0.29, 0.717) is 6.54 Å². The molecular weight excluding hydrogens is 399 g/mol. The SMILES string of the molecule is CCNC(=NCc1ccccn1)NCC1CCCCCCC1.I. The van der Waals surface area contributed by atoms with E-state index in [4.69, 9.17) is 0 Å². The molecule has 5 heteroatoms. The van der Waals surface area contributed by atoms with E-state index in [0.717, 1.165) is 30.7 Å². The maximum absolute atomic E-state index is 4.64. The van der Waals surface area contributed by atoms with Crippen molar-refractivity contribution in [1.29, 1.82) is 0 Å². The maximum atomic E-state index is 4.64. The van der Waals surface area contributed by atoms with Gasteiger partial charge in [0.05, 0.1) is 12.2 Å². The molecule has 23 heavy (non-hydrogen) atoms. The molecule has 0 aliphatic heterocycles. The van der Waals surface area contributed by atoms with Crippen molar-refractivity contribution in [2.45, 2.75) is 58.4 Å². The summed E-state index contributed by atoms with van der Waals surface area (Å²) in [6.07, 6.45) is 11.5. The van der Waals surface area contributed by atoms with Gasteiger partial charge in [0, 0.05) is 19.3 Å². The molecule has 1 saturated carbocycles. The second kappa shape index (κ2) is 12.6. The third kappa shape index (κ3) is 8.53. The summed E-state index contributed by atoms with van der Waals surface area (Å²) in [6.45, 7) is 4.65. The number of hydrogen-bond acceptors (Lipinski definition) is 2. The summed E-state index contributed by atoms with van der Waals surface area (Å²) in [7, 11) is 0. The van der Waals surface area contributed by atoms with Gasteiger partial charge in [-0.1, -0.05) is 38.2 Å². The van der Waals surface area contributed by atoms with E-state index in [1.165, 1.54) is 44.9 Å². The number of aromatic nitrogens is 1. The Morgan fingerprint density at radius 1 is 1.13 bits per heavy atom. The molecule has 0 spiro atoms. The standard InChI is InChI=1S/C18H30N4.HI/c1-2-19-18(22-15-17-12-8-9-13-20-17)21-14-16-10-6-4-3-5-7-11-16;/h8-9,12-13,16H,2-7,10-11,14-15H2,1H3,(H2,19,21,22);1H. The van der Waals surface area contributed by atoms with Crippen LogP contribution in [0.2, 0.25) is 0 Å². The van der Waals surface area contributed by atoms with Crippen LogP contribution in [0.4, 0.5) is 0 Å². The fourth-order valence-corrected chi connectivity index (χ4v) is 2.98. The molecule has 130 valence electrons. The van der Waals surface area contributed by atoms with Gasteiger partial charge in [-0.15, -0.1) is 24.0 Å². The van der Waals surface area contributed by atoms with Crippen molar-refractivity contribution < 1.29 is 0 Å². The zero-order chi connectivity index (χ0) is 15.5. The van der Waals surface area contributed by atoms with E-state index in [-0.39, 0.29) is 24.0 Å². The number of hydrogen-bond donors (Lipinski definition) is 2. The molecule has 2 rings (SSSR count). The first-order valence-corrected chi connectivity index (χ1v) is 8.80. The van der Waals surface area contributed by atoms with Crippen LogP contribution in [0, 0.1) is 5.92 Å². The average Bonchev–Trinajstić information content (AvgIpc) is 2.52. The van der Waals surface area contributed by atoms with E-state index < -0.39 is 0 Å². The van der Waals surface area contributed by atoms with Crippen LogP contribution in [0.1, 0.15) is 57.6 Å². The highest BCUT2D eigenvalue weighted by Gasteiger charge is 2.11. The summed E-state index contributed by atoms with van der Waals surface area (Å²) >= 11 is 0. The molecule has 1 aromatic rings. The molecule has 0 aromatic carbocycles. The number of pyridine rings is 1. The van der Waals surface area contributed by atoms with Crippen molar-refractivity contribution in [1.82, 2.24) is 15.6 Å². The maximum Gasteiger partial charge on any atom is 0.191 e. The summed E-state index contributed by atoms with van der Waals surface area (Å²) in [6, 6.07) is 5.96. The van der Waals surface area contributed by atoms with Crippen LogP contribution in [-0.2, 0) is 6.54 Å². The second-order valence-corrected chi connectivity index (χ2v) is 6.11. The van der Waals surface area contributed by atoms with Gasteiger partial charge in [0.15, 0.2) is 5.96 Å². The molecule has 0 bridgehead atoms. The highest BCUT2D eigenvalue weighted by atomic mass is 127. The van der Waals surface area contributed by atoms with Gasteiger partial charge in [-0.05, 0) is 37.8 Å². The third-order valence-electron chi connectivity index (χ3n) is 4.25. The quantitative estimate of drug-likeness (QED) is 0.420. The number of guanidine groups is 1. The molecule has 0 saturated heterocycles. The van der Waals surface area contributed by atoms with E-state index >= 15 is 0 Å². The minimum absolute atomic E-state index is 0. The van der Waals surface area contributed by atoms with Crippen LogP contribution < -0.4 is 10.6 Å². The Hall–Kier alpha value is -0.850. The number of rotatable bonds is 5. The molecule has 1 aromatic heterocycles. The molecular formula is C18H31IN4. The molecule has 2 N–H and O–H groups in total. The summed E-state index contributed by atoms with van der Waals surface area (Å²) in [5.74, 6) is 1.70. The fraction of sp³-hybridized carbons (Fsp3) is 0.667. The molecule has 4 nitrogen and oxygen atoms in total. The highest BCUT2D eigenvalue weighted by Crippen LogP contribution is 2.21. The minimum atomic E-state index is 0. The molecule has 1 fully saturated rings. The Bertz CT molecular complexity index is 428. The van der Waals surface area contributed by atoms with E-state index in [2.05, 4.69) is 27.5 Å². The lowest BCUT2D eigenvalue weighted by Crippen LogP contribution is -2.40. The Labute approximate surface area is 158 Å². The number of aliphatic imine (C=N–C) groups is 1. The summed E-state index contributed by atoms with van der Waals surface area (Å²) in [4.78, 5) is 8.96. The molecule has 0 amide bonds. The van der Waals surface area contributed by atoms with E-state index in [1.54, 1.807) is 0 Å². The summed E-state index contributed by atoms with van der Waals surface area (Å²) in [5, 5.41) is 6.85. The summed E-state index contributed by atoms with van der Waals surface area (Å²) in [5.41, 5.74) is 1.01. The third-order valence-corrected chi connectivity index (χ3v) is 4.25. The molecule has 0 radical (unpaired) electrons. The van der Waals surface area contributed by atoms with Gasteiger partial charge in [-0.2, -0.15) is 0 Å². The van der Waals surface area contributed by atoms with Gasteiger partial charge in [-0.25, -0.2) is 4.99 Å². The first-order valence-electron chi connectivity index (χ1n) is 8.80. The van der Waals surface area contributed by atoms with Crippen LogP contribution in [0.25, 0.3) is 0 Å². The number of nitrogens with zero attached hydrogens (tertiary/aromatic N) is 2. The predicted octanol–water partition coefficient (Wildman–Crippen LogP) is 4.12. The predicted molar refractivity (Wildman–Crippen MR) is 108 cm³/mol. The highest BCUT2D eigenvalue weighted by molar-refractivity contribution is 14.0. The van der Waals surface area contributed by atoms with Gasteiger partial charge < -0.3 is 10.6 Å². The molecule has 1 aliphatic carbocycles. The Balaban J connectivity index is 0.00000264. The van der Waals surface area contributed by atoms with Gasteiger partial charge >= 0.3 is 0 Å². The van der Waals surface area contributed by atoms with Crippen molar-refractivity contribution in [2.75, 3.05) is 13.1 Å². The van der Waals surface area contributed by atoms with Crippen molar-refractivity contribution in [3.63, 3.8) is 0 Å². The first kappa shape index (κ1) is 20.2. The molecule has 1 aliphatic rings. The monoisotopic (exact) mass is 430 g/mol. The second-order valence-electron chi connectivity index (χ2n) is 6.11. The largest absolute Gasteiger partial charge is 0.357 e.